The molecule has 0 atom stereocenters. The number of nitrogens with zero attached hydrogens (tertiary/aromatic N) is 1. The third-order valence-electron chi connectivity index (χ3n) is 2.22. The first-order valence-electron chi connectivity index (χ1n) is 5.89. The monoisotopic (exact) mass is 262 g/mol. The Kier molecular flexibility index (Phi) is 5.91. The fourth-order valence-electron chi connectivity index (χ4n) is 1.40. The molecule has 0 aromatic carbocycles. The number of ether oxygens (including phenoxy) is 1. The summed E-state index contributed by atoms with van der Waals surface area (Å²) in [6, 6.07) is 2.29. The summed E-state index contributed by atoms with van der Waals surface area (Å²) in [4.78, 5) is 3.71. The predicted molar refractivity (Wildman–Crippen MR) is 63.5 cm³/mol. The smallest absolute Gasteiger partial charge is 0.381 e. The van der Waals surface area contributed by atoms with E-state index >= 15 is 0 Å². The van der Waals surface area contributed by atoms with Gasteiger partial charge in [0.1, 0.15) is 5.82 Å². The molecule has 6 heteroatoms. The van der Waals surface area contributed by atoms with Crippen LogP contribution in [-0.4, -0.2) is 24.7 Å². The van der Waals surface area contributed by atoms with Gasteiger partial charge in [-0.05, 0) is 25.0 Å². The maximum atomic E-state index is 12.6. The van der Waals surface area contributed by atoms with Crippen LogP contribution >= 0.6 is 0 Å². The van der Waals surface area contributed by atoms with Crippen LogP contribution in [0.4, 0.5) is 19.0 Å². The molecule has 0 bridgehead atoms. The molecule has 102 valence electrons. The van der Waals surface area contributed by atoms with Gasteiger partial charge in [-0.25, -0.2) is 4.98 Å². The predicted octanol–water partition coefficient (Wildman–Crippen LogP) is 3.33. The van der Waals surface area contributed by atoms with Crippen molar-refractivity contribution in [2.75, 3.05) is 25.1 Å². The minimum absolute atomic E-state index is 0.125. The summed E-state index contributed by atoms with van der Waals surface area (Å²) >= 11 is 0. The minimum atomic E-state index is -4.38. The summed E-state index contributed by atoms with van der Waals surface area (Å²) in [7, 11) is 0. The standard InChI is InChI=1S/C12H17F3N2O/c1-2-8-18-9-4-7-17-11-10(12(13,14)15)5-3-6-16-11/h3,5-6H,2,4,7-9H2,1H3,(H,16,17). The first kappa shape index (κ1) is 14.8. The van der Waals surface area contributed by atoms with Gasteiger partial charge in [-0.2, -0.15) is 13.2 Å². The van der Waals surface area contributed by atoms with Crippen LogP contribution in [-0.2, 0) is 10.9 Å². The molecule has 0 radical (unpaired) electrons. The summed E-state index contributed by atoms with van der Waals surface area (Å²) in [5, 5.41) is 2.69. The molecule has 0 unspecified atom stereocenters. The Balaban J connectivity index is 2.43. The zero-order valence-electron chi connectivity index (χ0n) is 10.3. The normalized spacial score (nSPS) is 11.6. The van der Waals surface area contributed by atoms with E-state index in [0.29, 0.717) is 26.2 Å². The summed E-state index contributed by atoms with van der Waals surface area (Å²) in [5.74, 6) is -0.125. The first-order valence-corrected chi connectivity index (χ1v) is 5.89. The lowest BCUT2D eigenvalue weighted by Crippen LogP contribution is -2.14. The first-order chi connectivity index (χ1) is 8.55. The Morgan fingerprint density at radius 2 is 2.11 bits per heavy atom. The summed E-state index contributed by atoms with van der Waals surface area (Å²) in [6.07, 6.45) is -1.46. The Hall–Kier alpha value is -1.30. The number of pyridine rings is 1. The molecule has 1 heterocycles. The van der Waals surface area contributed by atoms with Crippen molar-refractivity contribution in [1.29, 1.82) is 0 Å². The number of halogens is 3. The molecule has 18 heavy (non-hydrogen) atoms. The zero-order valence-corrected chi connectivity index (χ0v) is 10.3. The third kappa shape index (κ3) is 4.91. The van der Waals surface area contributed by atoms with E-state index in [-0.39, 0.29) is 5.82 Å². The van der Waals surface area contributed by atoms with Crippen molar-refractivity contribution in [3.8, 4) is 0 Å². The molecule has 0 aliphatic heterocycles. The molecule has 0 saturated carbocycles. The number of hydrogen-bond donors (Lipinski definition) is 1. The molecule has 0 aliphatic carbocycles. The van der Waals surface area contributed by atoms with Crippen molar-refractivity contribution >= 4 is 5.82 Å². The molecule has 3 nitrogen and oxygen atoms in total. The van der Waals surface area contributed by atoms with E-state index in [4.69, 9.17) is 4.74 Å². The van der Waals surface area contributed by atoms with E-state index in [2.05, 4.69) is 10.3 Å². The second kappa shape index (κ2) is 7.20. The third-order valence-corrected chi connectivity index (χ3v) is 2.22. The number of rotatable bonds is 7. The highest BCUT2D eigenvalue weighted by Crippen LogP contribution is 2.33. The van der Waals surface area contributed by atoms with Gasteiger partial charge in [-0.1, -0.05) is 6.92 Å². The van der Waals surface area contributed by atoms with Gasteiger partial charge in [0.15, 0.2) is 0 Å². The maximum Gasteiger partial charge on any atom is 0.419 e. The molecule has 1 aromatic rings. The van der Waals surface area contributed by atoms with Crippen LogP contribution < -0.4 is 5.32 Å². The fourth-order valence-corrected chi connectivity index (χ4v) is 1.40. The molecular formula is C12H17F3N2O. The van der Waals surface area contributed by atoms with Gasteiger partial charge in [0.2, 0.25) is 0 Å². The van der Waals surface area contributed by atoms with Gasteiger partial charge in [-0.15, -0.1) is 0 Å². The molecule has 1 aromatic heterocycles. The van der Waals surface area contributed by atoms with Crippen LogP contribution in [0.1, 0.15) is 25.3 Å². The highest BCUT2D eigenvalue weighted by atomic mass is 19.4. The Labute approximate surface area is 104 Å². The van der Waals surface area contributed by atoms with E-state index in [0.717, 1.165) is 12.5 Å². The number of alkyl halides is 3. The van der Waals surface area contributed by atoms with Crippen LogP contribution in [0.15, 0.2) is 18.3 Å². The van der Waals surface area contributed by atoms with Crippen LogP contribution in [0.3, 0.4) is 0 Å². The van der Waals surface area contributed by atoms with Gasteiger partial charge in [-0.3, -0.25) is 0 Å². The second-order valence-corrected chi connectivity index (χ2v) is 3.79. The highest BCUT2D eigenvalue weighted by molar-refractivity contribution is 5.45. The Bertz CT molecular complexity index is 355. The van der Waals surface area contributed by atoms with Crippen molar-refractivity contribution in [3.63, 3.8) is 0 Å². The zero-order chi connectivity index (χ0) is 13.4. The van der Waals surface area contributed by atoms with Crippen molar-refractivity contribution in [2.45, 2.75) is 25.9 Å². The Morgan fingerprint density at radius 1 is 1.33 bits per heavy atom. The van der Waals surface area contributed by atoms with E-state index in [1.165, 1.54) is 12.3 Å². The van der Waals surface area contributed by atoms with Crippen molar-refractivity contribution in [3.05, 3.63) is 23.9 Å². The van der Waals surface area contributed by atoms with Crippen molar-refractivity contribution < 1.29 is 17.9 Å². The average molecular weight is 262 g/mol. The van der Waals surface area contributed by atoms with Gasteiger partial charge >= 0.3 is 6.18 Å². The molecule has 0 amide bonds. The van der Waals surface area contributed by atoms with Crippen LogP contribution in [0.25, 0.3) is 0 Å². The molecule has 0 fully saturated rings. The summed E-state index contributed by atoms with van der Waals surface area (Å²) in [5.41, 5.74) is -0.737. The Morgan fingerprint density at radius 3 is 2.78 bits per heavy atom. The van der Waals surface area contributed by atoms with Gasteiger partial charge in [0, 0.05) is 26.0 Å². The lowest BCUT2D eigenvalue weighted by molar-refractivity contribution is -0.137. The van der Waals surface area contributed by atoms with Gasteiger partial charge in [0.05, 0.1) is 5.56 Å². The van der Waals surface area contributed by atoms with Crippen LogP contribution in [0, 0.1) is 0 Å². The molecule has 0 saturated heterocycles. The van der Waals surface area contributed by atoms with E-state index in [1.54, 1.807) is 0 Å². The average Bonchev–Trinajstić information content (AvgIpc) is 2.33. The second-order valence-electron chi connectivity index (χ2n) is 3.79. The number of hydrogen-bond acceptors (Lipinski definition) is 3. The van der Waals surface area contributed by atoms with Crippen molar-refractivity contribution in [2.24, 2.45) is 0 Å². The van der Waals surface area contributed by atoms with Gasteiger partial charge < -0.3 is 10.1 Å². The summed E-state index contributed by atoms with van der Waals surface area (Å²) in [6.45, 7) is 3.62. The highest BCUT2D eigenvalue weighted by Gasteiger charge is 2.33. The van der Waals surface area contributed by atoms with E-state index in [1.807, 2.05) is 6.92 Å². The van der Waals surface area contributed by atoms with Crippen LogP contribution in [0.5, 0.6) is 0 Å². The van der Waals surface area contributed by atoms with E-state index in [9.17, 15) is 13.2 Å². The SMILES string of the molecule is CCCOCCCNc1ncccc1C(F)(F)F. The molecular weight excluding hydrogens is 245 g/mol. The molecule has 1 rings (SSSR count). The maximum absolute atomic E-state index is 12.6. The largest absolute Gasteiger partial charge is 0.419 e. The topological polar surface area (TPSA) is 34.1 Å². The molecule has 1 N–H and O–H groups in total. The van der Waals surface area contributed by atoms with Crippen LogP contribution in [0.2, 0.25) is 0 Å². The lowest BCUT2D eigenvalue weighted by Gasteiger charge is -2.13. The van der Waals surface area contributed by atoms with E-state index < -0.39 is 11.7 Å². The number of anilines is 1. The summed E-state index contributed by atoms with van der Waals surface area (Å²) < 4.78 is 43.1. The number of nitrogens with one attached hydrogen (secondary N) is 1. The number of aromatic nitrogens is 1. The molecule has 0 spiro atoms. The lowest BCUT2D eigenvalue weighted by atomic mass is 10.2. The van der Waals surface area contributed by atoms with Gasteiger partial charge in [0.25, 0.3) is 0 Å². The van der Waals surface area contributed by atoms with Crippen molar-refractivity contribution in [1.82, 2.24) is 4.98 Å². The fraction of sp³-hybridized carbons (Fsp3) is 0.583. The molecule has 0 aliphatic rings. The minimum Gasteiger partial charge on any atom is -0.381 e. The quantitative estimate of drug-likeness (QED) is 0.765.